The number of alkyl halides is 1. The van der Waals surface area contributed by atoms with Gasteiger partial charge in [0.1, 0.15) is 0 Å². The highest BCUT2D eigenvalue weighted by Gasteiger charge is 2.41. The van der Waals surface area contributed by atoms with Crippen LogP contribution in [0.3, 0.4) is 0 Å². The van der Waals surface area contributed by atoms with E-state index in [1.54, 1.807) is 0 Å². The van der Waals surface area contributed by atoms with E-state index < -0.39 is 0 Å². The van der Waals surface area contributed by atoms with E-state index in [-0.39, 0.29) is 0 Å². The van der Waals surface area contributed by atoms with E-state index in [9.17, 15) is 0 Å². The van der Waals surface area contributed by atoms with Gasteiger partial charge in [0.05, 0.1) is 0 Å². The molecule has 1 saturated heterocycles. The summed E-state index contributed by atoms with van der Waals surface area (Å²) in [6.07, 6.45) is 7.38. The van der Waals surface area contributed by atoms with Gasteiger partial charge >= 0.3 is 0 Å². The Bertz CT molecular complexity index is 140. The zero-order chi connectivity index (χ0) is 7.73. The first kappa shape index (κ1) is 8.30. The molecule has 2 rings (SSSR count). The molecule has 1 atom stereocenters. The largest absolute Gasteiger partial charge is 0.315 e. The van der Waals surface area contributed by atoms with Crippen LogP contribution in [0.4, 0.5) is 0 Å². The van der Waals surface area contributed by atoms with E-state index in [2.05, 4.69) is 27.9 Å². The van der Waals surface area contributed by atoms with Crippen molar-refractivity contribution in [2.75, 3.05) is 13.1 Å². The SMILES string of the molecule is IC1CNCC12CCCCC2. The predicted octanol–water partition coefficient (Wildman–Crippen LogP) is 2.34. The van der Waals surface area contributed by atoms with Gasteiger partial charge in [0, 0.05) is 17.0 Å². The minimum Gasteiger partial charge on any atom is -0.315 e. The molecule has 2 fully saturated rings. The van der Waals surface area contributed by atoms with Crippen molar-refractivity contribution in [1.82, 2.24) is 5.32 Å². The van der Waals surface area contributed by atoms with Crippen LogP contribution in [-0.4, -0.2) is 17.0 Å². The van der Waals surface area contributed by atoms with E-state index >= 15 is 0 Å². The van der Waals surface area contributed by atoms with Crippen molar-refractivity contribution in [1.29, 1.82) is 0 Å². The van der Waals surface area contributed by atoms with Crippen molar-refractivity contribution in [3.63, 3.8) is 0 Å². The highest BCUT2D eigenvalue weighted by Crippen LogP contribution is 2.44. The summed E-state index contributed by atoms with van der Waals surface area (Å²) in [5.41, 5.74) is 0.707. The average molecular weight is 265 g/mol. The summed E-state index contributed by atoms with van der Waals surface area (Å²) in [6.45, 7) is 2.54. The molecule has 0 bridgehead atoms. The molecular formula is C9H16IN. The Hall–Kier alpha value is 0.690. The minimum absolute atomic E-state index is 0.707. The lowest BCUT2D eigenvalue weighted by atomic mass is 9.73. The molecule has 0 amide bonds. The second kappa shape index (κ2) is 3.21. The van der Waals surface area contributed by atoms with Crippen molar-refractivity contribution < 1.29 is 0 Å². The topological polar surface area (TPSA) is 12.0 Å². The Balaban J connectivity index is 2.06. The molecule has 0 radical (unpaired) electrons. The van der Waals surface area contributed by atoms with Gasteiger partial charge in [0.15, 0.2) is 0 Å². The summed E-state index contributed by atoms with van der Waals surface area (Å²) in [5, 5.41) is 3.53. The van der Waals surface area contributed by atoms with Crippen LogP contribution in [0, 0.1) is 5.41 Å². The molecule has 0 aromatic carbocycles. The Labute approximate surface area is 82.5 Å². The molecule has 1 unspecified atom stereocenters. The van der Waals surface area contributed by atoms with Gasteiger partial charge in [-0.25, -0.2) is 0 Å². The van der Waals surface area contributed by atoms with Crippen LogP contribution in [0.15, 0.2) is 0 Å². The third-order valence-electron chi connectivity index (χ3n) is 3.31. The third-order valence-corrected chi connectivity index (χ3v) is 5.08. The van der Waals surface area contributed by atoms with Crippen molar-refractivity contribution in [2.24, 2.45) is 5.41 Å². The van der Waals surface area contributed by atoms with Gasteiger partial charge in [0.25, 0.3) is 0 Å². The van der Waals surface area contributed by atoms with E-state index in [4.69, 9.17) is 0 Å². The molecule has 2 heteroatoms. The van der Waals surface area contributed by atoms with Gasteiger partial charge in [-0.2, -0.15) is 0 Å². The fourth-order valence-electron chi connectivity index (χ4n) is 2.52. The highest BCUT2D eigenvalue weighted by atomic mass is 127. The number of nitrogens with one attached hydrogen (secondary N) is 1. The lowest BCUT2D eigenvalue weighted by Gasteiger charge is -2.35. The molecule has 2 aliphatic rings. The first-order valence-corrected chi connectivity index (χ1v) is 5.93. The maximum atomic E-state index is 3.53. The van der Waals surface area contributed by atoms with Crippen molar-refractivity contribution in [3.05, 3.63) is 0 Å². The van der Waals surface area contributed by atoms with Crippen molar-refractivity contribution in [2.45, 2.75) is 36.0 Å². The Kier molecular flexibility index (Phi) is 2.42. The smallest absolute Gasteiger partial charge is 0.0303 e. The molecule has 1 saturated carbocycles. The summed E-state index contributed by atoms with van der Waals surface area (Å²) < 4.78 is 0.903. The molecule has 1 N–H and O–H groups in total. The molecule has 1 nitrogen and oxygen atoms in total. The second-order valence-corrected chi connectivity index (χ2v) is 5.53. The van der Waals surface area contributed by atoms with E-state index in [0.717, 1.165) is 3.92 Å². The van der Waals surface area contributed by atoms with Crippen LogP contribution in [0.2, 0.25) is 0 Å². The number of rotatable bonds is 0. The van der Waals surface area contributed by atoms with Crippen LogP contribution in [0.1, 0.15) is 32.1 Å². The molecule has 1 aliphatic heterocycles. The Morgan fingerprint density at radius 3 is 2.45 bits per heavy atom. The second-order valence-electron chi connectivity index (χ2n) is 4.02. The monoisotopic (exact) mass is 265 g/mol. The lowest BCUT2D eigenvalue weighted by molar-refractivity contribution is 0.228. The molecule has 0 aromatic heterocycles. The van der Waals surface area contributed by atoms with Crippen molar-refractivity contribution >= 4 is 22.6 Å². The van der Waals surface area contributed by atoms with E-state index in [1.165, 1.54) is 45.2 Å². The molecule has 11 heavy (non-hydrogen) atoms. The lowest BCUT2D eigenvalue weighted by Crippen LogP contribution is -2.32. The Morgan fingerprint density at radius 2 is 1.91 bits per heavy atom. The molecule has 1 aliphatic carbocycles. The molecule has 1 spiro atoms. The maximum absolute atomic E-state index is 3.53. The molecular weight excluding hydrogens is 249 g/mol. The summed E-state index contributed by atoms with van der Waals surface area (Å²) in [4.78, 5) is 0. The van der Waals surface area contributed by atoms with Crippen LogP contribution >= 0.6 is 22.6 Å². The standard InChI is InChI=1S/C9H16IN/c10-8-6-11-7-9(8)4-2-1-3-5-9/h8,11H,1-7H2. The van der Waals surface area contributed by atoms with E-state index in [1.807, 2.05) is 0 Å². The third kappa shape index (κ3) is 1.44. The van der Waals surface area contributed by atoms with Crippen LogP contribution in [-0.2, 0) is 0 Å². The van der Waals surface area contributed by atoms with Gasteiger partial charge < -0.3 is 5.32 Å². The first-order valence-electron chi connectivity index (χ1n) is 4.68. The van der Waals surface area contributed by atoms with Gasteiger partial charge in [-0.3, -0.25) is 0 Å². The van der Waals surface area contributed by atoms with Crippen LogP contribution in [0.25, 0.3) is 0 Å². The zero-order valence-electron chi connectivity index (χ0n) is 6.91. The summed E-state index contributed by atoms with van der Waals surface area (Å²) in [6, 6.07) is 0. The average Bonchev–Trinajstić information content (AvgIpc) is 2.36. The normalized spacial score (nSPS) is 36.3. The number of halogens is 1. The fourth-order valence-corrected chi connectivity index (χ4v) is 3.68. The summed E-state index contributed by atoms with van der Waals surface area (Å²) in [5.74, 6) is 0. The fraction of sp³-hybridized carbons (Fsp3) is 1.00. The van der Waals surface area contributed by atoms with Gasteiger partial charge in [0.2, 0.25) is 0 Å². The number of hydrogen-bond donors (Lipinski definition) is 1. The summed E-state index contributed by atoms with van der Waals surface area (Å²) >= 11 is 2.64. The predicted molar refractivity (Wildman–Crippen MR) is 56.2 cm³/mol. The number of hydrogen-bond acceptors (Lipinski definition) is 1. The van der Waals surface area contributed by atoms with Gasteiger partial charge in [-0.1, -0.05) is 41.9 Å². The van der Waals surface area contributed by atoms with E-state index in [0.29, 0.717) is 5.41 Å². The van der Waals surface area contributed by atoms with Crippen LogP contribution in [0.5, 0.6) is 0 Å². The quantitative estimate of drug-likeness (QED) is 0.523. The minimum atomic E-state index is 0.707. The van der Waals surface area contributed by atoms with Crippen molar-refractivity contribution in [3.8, 4) is 0 Å². The highest BCUT2D eigenvalue weighted by molar-refractivity contribution is 14.1. The van der Waals surface area contributed by atoms with Gasteiger partial charge in [-0.05, 0) is 18.3 Å². The molecule has 64 valence electrons. The summed E-state index contributed by atoms with van der Waals surface area (Å²) in [7, 11) is 0. The zero-order valence-corrected chi connectivity index (χ0v) is 9.06. The first-order chi connectivity index (χ1) is 5.33. The van der Waals surface area contributed by atoms with Gasteiger partial charge in [-0.15, -0.1) is 0 Å². The molecule has 0 aromatic rings. The Morgan fingerprint density at radius 1 is 1.18 bits per heavy atom. The molecule has 1 heterocycles. The maximum Gasteiger partial charge on any atom is 0.0303 e. The van der Waals surface area contributed by atoms with Crippen LogP contribution < -0.4 is 5.32 Å².